The summed E-state index contributed by atoms with van der Waals surface area (Å²) in [5, 5.41) is 2.62. The summed E-state index contributed by atoms with van der Waals surface area (Å²) in [6.07, 6.45) is 0. The second kappa shape index (κ2) is 8.36. The van der Waals surface area contributed by atoms with Gasteiger partial charge in [-0.2, -0.15) is 0 Å². The highest BCUT2D eigenvalue weighted by molar-refractivity contribution is 5.82. The Morgan fingerprint density at radius 1 is 0.812 bits per heavy atom. The molecule has 0 spiro atoms. The van der Waals surface area contributed by atoms with Gasteiger partial charge in [0.15, 0.2) is 0 Å². The minimum atomic E-state index is 0.167. The summed E-state index contributed by atoms with van der Waals surface area (Å²) in [7, 11) is 0. The maximum atomic E-state index is 9.44. The Balaban J connectivity index is 0.000000323. The van der Waals surface area contributed by atoms with Gasteiger partial charge < -0.3 is 9.59 Å². The van der Waals surface area contributed by atoms with E-state index in [0.717, 1.165) is 0 Å². The number of fused-ring (bicyclic) bond motifs is 1. The molecule has 2 aromatic rings. The van der Waals surface area contributed by atoms with Crippen molar-refractivity contribution in [2.45, 2.75) is 13.8 Å². The molecule has 0 aromatic heterocycles. The number of ketones is 1. The van der Waals surface area contributed by atoms with Crippen LogP contribution in [0.2, 0.25) is 0 Å². The number of carbonyl (C=O) groups excluding carboxylic acids is 2. The number of carbonyl (C=O) groups is 2. The smallest absolute Gasteiger partial charge is 0.126 e. The summed E-state index contributed by atoms with van der Waals surface area (Å²) in [4.78, 5) is 17.4. The Labute approximate surface area is 95.9 Å². The SMILES string of the molecule is C=O.CC(C)=O.c1ccc2ccccc2c1. The fourth-order valence-electron chi connectivity index (χ4n) is 1.13. The fraction of sp³-hybridized carbons (Fsp3) is 0.143. The van der Waals surface area contributed by atoms with Crippen molar-refractivity contribution in [1.29, 1.82) is 0 Å². The Bertz CT molecular complexity index is 366. The molecule has 0 saturated heterocycles. The van der Waals surface area contributed by atoms with Crippen LogP contribution in [0.25, 0.3) is 10.8 Å². The fourth-order valence-corrected chi connectivity index (χ4v) is 1.13. The van der Waals surface area contributed by atoms with E-state index < -0.39 is 0 Å². The van der Waals surface area contributed by atoms with Crippen molar-refractivity contribution in [1.82, 2.24) is 0 Å². The first-order valence-corrected chi connectivity index (χ1v) is 4.90. The molecule has 0 radical (unpaired) electrons. The van der Waals surface area contributed by atoms with E-state index >= 15 is 0 Å². The molecule has 2 aromatic carbocycles. The Hall–Kier alpha value is -1.96. The zero-order valence-corrected chi connectivity index (χ0v) is 9.64. The second-order valence-electron chi connectivity index (χ2n) is 3.26. The van der Waals surface area contributed by atoms with Gasteiger partial charge in [-0.3, -0.25) is 0 Å². The summed E-state index contributed by atoms with van der Waals surface area (Å²) in [6, 6.07) is 16.7. The topological polar surface area (TPSA) is 34.1 Å². The maximum Gasteiger partial charge on any atom is 0.126 e. The average molecular weight is 216 g/mol. The quantitative estimate of drug-likeness (QED) is 0.677. The minimum Gasteiger partial charge on any atom is -0.307 e. The predicted octanol–water partition coefficient (Wildman–Crippen LogP) is 3.25. The minimum absolute atomic E-state index is 0.167. The largest absolute Gasteiger partial charge is 0.307 e. The van der Waals surface area contributed by atoms with Gasteiger partial charge in [-0.25, -0.2) is 0 Å². The van der Waals surface area contributed by atoms with Crippen molar-refractivity contribution in [2.75, 3.05) is 0 Å². The van der Waals surface area contributed by atoms with Crippen LogP contribution in [0.5, 0.6) is 0 Å². The van der Waals surface area contributed by atoms with Crippen LogP contribution in [0.1, 0.15) is 13.8 Å². The average Bonchev–Trinajstić information content (AvgIpc) is 2.31. The van der Waals surface area contributed by atoms with Crippen LogP contribution in [0.3, 0.4) is 0 Å². The van der Waals surface area contributed by atoms with Crippen LogP contribution in [-0.4, -0.2) is 12.6 Å². The summed E-state index contributed by atoms with van der Waals surface area (Å²) in [5.41, 5.74) is 0. The van der Waals surface area contributed by atoms with Gasteiger partial charge in [0.25, 0.3) is 0 Å². The first kappa shape index (κ1) is 14.0. The van der Waals surface area contributed by atoms with Crippen LogP contribution in [-0.2, 0) is 9.59 Å². The summed E-state index contributed by atoms with van der Waals surface area (Å²) in [5.74, 6) is 0.167. The van der Waals surface area contributed by atoms with Gasteiger partial charge in [-0.05, 0) is 24.6 Å². The van der Waals surface area contributed by atoms with E-state index in [1.807, 2.05) is 6.79 Å². The van der Waals surface area contributed by atoms with Gasteiger partial charge in [0.2, 0.25) is 0 Å². The molecule has 0 amide bonds. The normalized spacial score (nSPS) is 8.12. The van der Waals surface area contributed by atoms with E-state index in [-0.39, 0.29) is 5.78 Å². The molecule has 0 fully saturated rings. The molecule has 16 heavy (non-hydrogen) atoms. The number of hydrogen-bond acceptors (Lipinski definition) is 2. The van der Waals surface area contributed by atoms with Crippen LogP contribution in [0.15, 0.2) is 48.5 Å². The van der Waals surface area contributed by atoms with E-state index in [4.69, 9.17) is 4.79 Å². The molecule has 2 nitrogen and oxygen atoms in total. The second-order valence-corrected chi connectivity index (χ2v) is 3.26. The highest BCUT2D eigenvalue weighted by Crippen LogP contribution is 2.11. The first-order chi connectivity index (χ1) is 7.70. The number of Topliss-reactive ketones (excluding diaryl/α,β-unsaturated/α-hetero) is 1. The first-order valence-electron chi connectivity index (χ1n) is 4.90. The lowest BCUT2D eigenvalue weighted by Gasteiger charge is -1.92. The molecule has 0 aliphatic rings. The van der Waals surface area contributed by atoms with E-state index in [2.05, 4.69) is 48.5 Å². The maximum absolute atomic E-state index is 9.44. The molecular weight excluding hydrogens is 200 g/mol. The Kier molecular flexibility index (Phi) is 7.33. The van der Waals surface area contributed by atoms with E-state index in [0.29, 0.717) is 0 Å². The highest BCUT2D eigenvalue weighted by Gasteiger charge is 1.85. The predicted molar refractivity (Wildman–Crippen MR) is 67.4 cm³/mol. The van der Waals surface area contributed by atoms with Gasteiger partial charge in [0, 0.05) is 0 Å². The monoisotopic (exact) mass is 216 g/mol. The van der Waals surface area contributed by atoms with Crippen molar-refractivity contribution in [3.63, 3.8) is 0 Å². The third kappa shape index (κ3) is 5.70. The van der Waals surface area contributed by atoms with Gasteiger partial charge in [0.1, 0.15) is 12.6 Å². The van der Waals surface area contributed by atoms with Crippen molar-refractivity contribution in [3.05, 3.63) is 48.5 Å². The van der Waals surface area contributed by atoms with Gasteiger partial charge >= 0.3 is 0 Å². The number of benzene rings is 2. The summed E-state index contributed by atoms with van der Waals surface area (Å²) < 4.78 is 0. The van der Waals surface area contributed by atoms with Gasteiger partial charge in [-0.1, -0.05) is 48.5 Å². The molecule has 0 bridgehead atoms. The molecule has 0 unspecified atom stereocenters. The lowest BCUT2D eigenvalue weighted by Crippen LogP contribution is -1.69. The van der Waals surface area contributed by atoms with Crippen LogP contribution >= 0.6 is 0 Å². The molecule has 0 saturated carbocycles. The zero-order valence-electron chi connectivity index (χ0n) is 9.64. The van der Waals surface area contributed by atoms with Crippen LogP contribution < -0.4 is 0 Å². The van der Waals surface area contributed by atoms with Crippen molar-refractivity contribution in [3.8, 4) is 0 Å². The van der Waals surface area contributed by atoms with Crippen LogP contribution in [0, 0.1) is 0 Å². The lowest BCUT2D eigenvalue weighted by atomic mass is 10.1. The van der Waals surface area contributed by atoms with E-state index in [1.54, 1.807) is 0 Å². The number of hydrogen-bond donors (Lipinski definition) is 0. The Morgan fingerprint density at radius 2 is 1.00 bits per heavy atom. The summed E-state index contributed by atoms with van der Waals surface area (Å²) in [6.45, 7) is 5.06. The molecule has 84 valence electrons. The van der Waals surface area contributed by atoms with E-state index in [9.17, 15) is 4.79 Å². The summed E-state index contributed by atoms with van der Waals surface area (Å²) >= 11 is 0. The molecule has 2 rings (SSSR count). The third-order valence-electron chi connectivity index (χ3n) is 1.66. The molecule has 2 heteroatoms. The zero-order chi connectivity index (χ0) is 12.4. The lowest BCUT2D eigenvalue weighted by molar-refractivity contribution is -0.115. The molecule has 0 N–H and O–H groups in total. The standard InChI is InChI=1S/C10H8.C3H6O.CH2O/c1-2-6-10-8-4-3-7-9(10)5-1;1-3(2)4;1-2/h1-8H;1-2H3;1H2. The molecule has 0 atom stereocenters. The molecule has 0 heterocycles. The van der Waals surface area contributed by atoms with Crippen molar-refractivity contribution in [2.24, 2.45) is 0 Å². The third-order valence-corrected chi connectivity index (χ3v) is 1.66. The van der Waals surface area contributed by atoms with Crippen LogP contribution in [0.4, 0.5) is 0 Å². The number of rotatable bonds is 0. The van der Waals surface area contributed by atoms with Gasteiger partial charge in [0.05, 0.1) is 0 Å². The highest BCUT2D eigenvalue weighted by atomic mass is 16.1. The molecular formula is C14H16O2. The molecule has 0 aliphatic heterocycles. The van der Waals surface area contributed by atoms with Gasteiger partial charge in [-0.15, -0.1) is 0 Å². The van der Waals surface area contributed by atoms with Crippen molar-refractivity contribution < 1.29 is 9.59 Å². The Morgan fingerprint density at radius 3 is 1.19 bits per heavy atom. The van der Waals surface area contributed by atoms with Crippen molar-refractivity contribution >= 4 is 23.3 Å². The van der Waals surface area contributed by atoms with E-state index in [1.165, 1.54) is 24.6 Å². The molecule has 0 aliphatic carbocycles.